The molecule has 0 bridgehead atoms. The lowest BCUT2D eigenvalue weighted by Gasteiger charge is -2.40. The molecule has 264 valence electrons. The van der Waals surface area contributed by atoms with Gasteiger partial charge in [0.2, 0.25) is 0 Å². The molecule has 6 aromatic carbocycles. The summed E-state index contributed by atoms with van der Waals surface area (Å²) in [6, 6.07) is 54.5. The van der Waals surface area contributed by atoms with Crippen LogP contribution in [-0.4, -0.2) is 14.5 Å². The maximum Gasteiger partial charge on any atom is 0.132 e. The Morgan fingerprint density at radius 2 is 1.05 bits per heavy atom. The summed E-state index contributed by atoms with van der Waals surface area (Å²) in [5.41, 5.74) is 12.1. The van der Waals surface area contributed by atoms with Crippen LogP contribution in [0.5, 0.6) is 11.5 Å². The van der Waals surface area contributed by atoms with Crippen LogP contribution >= 0.6 is 11.8 Å². The average molecular weight is 747 g/mol. The van der Waals surface area contributed by atoms with Crippen molar-refractivity contribution in [2.45, 2.75) is 15.2 Å². The lowest BCUT2D eigenvalue weighted by Crippen LogP contribution is -2.32. The van der Waals surface area contributed by atoms with Gasteiger partial charge in [-0.05, 0) is 120 Å². The van der Waals surface area contributed by atoms with Gasteiger partial charge in [-0.3, -0.25) is 9.97 Å². The lowest BCUT2D eigenvalue weighted by atomic mass is 9.66. The van der Waals surface area contributed by atoms with E-state index in [0.29, 0.717) is 11.1 Å². The predicted molar refractivity (Wildman–Crippen MR) is 222 cm³/mol. The maximum absolute atomic E-state index is 9.85. The molecular weight excluding hydrogens is 721 g/mol. The third kappa shape index (κ3) is 4.25. The fourth-order valence-corrected chi connectivity index (χ4v) is 10.3. The molecule has 8 heteroatoms. The largest absolute Gasteiger partial charge is 0.457 e. The van der Waals surface area contributed by atoms with Gasteiger partial charge in [0.15, 0.2) is 0 Å². The first kappa shape index (κ1) is 31.7. The van der Waals surface area contributed by atoms with Crippen molar-refractivity contribution in [2.75, 3.05) is 4.90 Å². The lowest BCUT2D eigenvalue weighted by molar-refractivity contribution is 0.436. The molecule has 0 atom stereocenters. The van der Waals surface area contributed by atoms with Crippen LogP contribution in [0.1, 0.15) is 33.4 Å². The number of anilines is 3. The quantitative estimate of drug-likeness (QED) is 0.174. The van der Waals surface area contributed by atoms with Gasteiger partial charge in [0, 0.05) is 55.5 Å². The normalized spacial score (nSPS) is 13.8. The van der Waals surface area contributed by atoms with Gasteiger partial charge in [-0.1, -0.05) is 48.2 Å². The van der Waals surface area contributed by atoms with E-state index in [1.807, 2.05) is 60.9 Å². The van der Waals surface area contributed by atoms with Crippen LogP contribution in [0, 0.1) is 22.7 Å². The molecule has 0 fully saturated rings. The molecule has 12 rings (SSSR count). The van der Waals surface area contributed by atoms with E-state index in [4.69, 9.17) is 14.7 Å². The molecule has 5 heterocycles. The highest BCUT2D eigenvalue weighted by Crippen LogP contribution is 2.62. The summed E-state index contributed by atoms with van der Waals surface area (Å²) in [4.78, 5) is 14.7. The van der Waals surface area contributed by atoms with Crippen LogP contribution in [0.15, 0.2) is 168 Å². The van der Waals surface area contributed by atoms with Crippen molar-refractivity contribution in [1.82, 2.24) is 14.5 Å². The highest BCUT2D eigenvalue weighted by Gasteiger charge is 2.53. The first-order valence-electron chi connectivity index (χ1n) is 18.6. The monoisotopic (exact) mass is 746 g/mol. The maximum atomic E-state index is 9.85. The Morgan fingerprint density at radius 1 is 0.526 bits per heavy atom. The molecule has 0 saturated heterocycles. The highest BCUT2D eigenvalue weighted by atomic mass is 32.2. The number of fused-ring (bicyclic) bond motifs is 14. The molecule has 3 aliphatic rings. The smallest absolute Gasteiger partial charge is 0.132 e. The summed E-state index contributed by atoms with van der Waals surface area (Å²) in [5.74, 6) is 1.51. The second kappa shape index (κ2) is 11.7. The first-order valence-corrected chi connectivity index (χ1v) is 19.4. The fraction of sp³-hybridized carbons (Fsp3) is 0.0204. The molecule has 0 unspecified atom stereocenters. The van der Waals surface area contributed by atoms with Gasteiger partial charge in [-0.2, -0.15) is 10.5 Å². The zero-order valence-electron chi connectivity index (χ0n) is 30.0. The van der Waals surface area contributed by atoms with E-state index in [2.05, 4.69) is 119 Å². The Morgan fingerprint density at radius 3 is 1.61 bits per heavy atom. The van der Waals surface area contributed by atoms with Gasteiger partial charge in [0.25, 0.3) is 0 Å². The Kier molecular flexibility index (Phi) is 6.49. The Labute approximate surface area is 331 Å². The number of hydrogen-bond donors (Lipinski definition) is 0. The summed E-state index contributed by atoms with van der Waals surface area (Å²) in [6.45, 7) is 0. The van der Waals surface area contributed by atoms with Gasteiger partial charge >= 0.3 is 0 Å². The molecule has 57 heavy (non-hydrogen) atoms. The number of benzene rings is 6. The van der Waals surface area contributed by atoms with Crippen LogP contribution < -0.4 is 9.64 Å². The van der Waals surface area contributed by atoms with Crippen molar-refractivity contribution in [3.63, 3.8) is 0 Å². The van der Waals surface area contributed by atoms with Gasteiger partial charge in [0.05, 0.1) is 62.5 Å². The molecule has 7 nitrogen and oxygen atoms in total. The van der Waals surface area contributed by atoms with Crippen LogP contribution in [0.2, 0.25) is 0 Å². The van der Waals surface area contributed by atoms with E-state index in [-0.39, 0.29) is 0 Å². The van der Waals surface area contributed by atoms with E-state index < -0.39 is 5.41 Å². The van der Waals surface area contributed by atoms with Crippen molar-refractivity contribution < 1.29 is 4.74 Å². The number of pyridine rings is 2. The minimum Gasteiger partial charge on any atom is -0.457 e. The third-order valence-corrected chi connectivity index (χ3v) is 12.7. The molecule has 0 radical (unpaired) electrons. The molecule has 1 aliphatic carbocycles. The molecular formula is C49H26N6OS. The zero-order valence-corrected chi connectivity index (χ0v) is 30.8. The molecule has 1 spiro atoms. The Bertz CT molecular complexity index is 3150. The van der Waals surface area contributed by atoms with E-state index in [1.165, 1.54) is 9.79 Å². The van der Waals surface area contributed by atoms with Crippen LogP contribution in [0.4, 0.5) is 17.1 Å². The predicted octanol–water partition coefficient (Wildman–Crippen LogP) is 11.7. The van der Waals surface area contributed by atoms with Crippen molar-refractivity contribution in [2.24, 2.45) is 0 Å². The average Bonchev–Trinajstić information content (AvgIpc) is 3.75. The number of rotatable bonds is 2. The summed E-state index contributed by atoms with van der Waals surface area (Å²) < 4.78 is 9.16. The molecule has 0 N–H and O–H groups in total. The van der Waals surface area contributed by atoms with Gasteiger partial charge in [-0.15, -0.1) is 0 Å². The minimum atomic E-state index is -0.841. The topological polar surface area (TPSA) is 90.8 Å². The number of ether oxygens (including phenoxy) is 1. The SMILES string of the molecule is N#Cc1ccc2c(c1)c1cc(C#N)ccc1n2-c1ccc2c(c1)C1(c3cc(N4c5ccccc5Sc5ccccc54)ccc3O2)c2cccnc2-c2ncccc21. The van der Waals surface area contributed by atoms with Gasteiger partial charge < -0.3 is 14.2 Å². The number of para-hydroxylation sites is 2. The molecule has 3 aromatic heterocycles. The molecule has 0 amide bonds. The third-order valence-electron chi connectivity index (χ3n) is 11.6. The second-order valence-corrected chi connectivity index (χ2v) is 15.5. The molecule has 9 aromatic rings. The molecule has 0 saturated carbocycles. The zero-order chi connectivity index (χ0) is 37.8. The van der Waals surface area contributed by atoms with Gasteiger partial charge in [0.1, 0.15) is 11.5 Å². The highest BCUT2D eigenvalue weighted by molar-refractivity contribution is 7.99. The Hall–Kier alpha value is -7.65. The van der Waals surface area contributed by atoms with E-state index in [1.54, 1.807) is 11.8 Å². The number of nitrogens with zero attached hydrogens (tertiary/aromatic N) is 6. The van der Waals surface area contributed by atoms with Crippen molar-refractivity contribution in [1.29, 1.82) is 10.5 Å². The van der Waals surface area contributed by atoms with Crippen molar-refractivity contribution in [3.05, 3.63) is 191 Å². The summed E-state index contributed by atoms with van der Waals surface area (Å²) in [5, 5.41) is 21.5. The molecule has 2 aliphatic heterocycles. The first-order chi connectivity index (χ1) is 28.1. The second-order valence-electron chi connectivity index (χ2n) is 14.4. The number of aromatic nitrogens is 3. The van der Waals surface area contributed by atoms with E-state index in [0.717, 1.165) is 89.7 Å². The van der Waals surface area contributed by atoms with Crippen LogP contribution in [0.3, 0.4) is 0 Å². The minimum absolute atomic E-state index is 0.561. The fourth-order valence-electron chi connectivity index (χ4n) is 9.28. The summed E-state index contributed by atoms with van der Waals surface area (Å²) >= 11 is 1.79. The van der Waals surface area contributed by atoms with Crippen molar-refractivity contribution >= 4 is 50.6 Å². The van der Waals surface area contributed by atoms with Gasteiger partial charge in [-0.25, -0.2) is 0 Å². The Balaban J connectivity index is 1.16. The summed E-state index contributed by atoms with van der Waals surface area (Å²) in [6.07, 6.45) is 3.68. The van der Waals surface area contributed by atoms with Crippen LogP contribution in [-0.2, 0) is 5.41 Å². The number of hydrogen-bond acceptors (Lipinski definition) is 7. The van der Waals surface area contributed by atoms with Crippen molar-refractivity contribution in [3.8, 4) is 40.7 Å². The van der Waals surface area contributed by atoms with Crippen LogP contribution in [0.25, 0.3) is 38.9 Å². The van der Waals surface area contributed by atoms with E-state index >= 15 is 0 Å². The summed E-state index contributed by atoms with van der Waals surface area (Å²) in [7, 11) is 0. The standard InChI is InChI=1S/C49H26N6OS/c50-27-29-13-17-39-33(23-29)34-24-30(28-51)14-18-40(34)54(39)31-15-19-43-37(25-31)49(35-7-5-21-52-47(35)48-36(49)8-6-22-53-48)38-26-32(16-20-44(38)56-43)55-41-9-1-3-11-45(41)57-46-12-4-2-10-42(46)55/h1-26H. The van der Waals surface area contributed by atoms with E-state index in [9.17, 15) is 10.5 Å². The number of nitriles is 2.